The average Bonchev–Trinajstić information content (AvgIpc) is 2.60. The highest BCUT2D eigenvalue weighted by Crippen LogP contribution is 2.19. The molecule has 2 aromatic carbocycles. The molecule has 0 saturated heterocycles. The second-order valence-electron chi connectivity index (χ2n) is 7.15. The summed E-state index contributed by atoms with van der Waals surface area (Å²) in [5.41, 5.74) is 1.56. The van der Waals surface area contributed by atoms with E-state index in [4.69, 9.17) is 9.47 Å². The first kappa shape index (κ1) is 20.6. The summed E-state index contributed by atoms with van der Waals surface area (Å²) in [7, 11) is 0. The van der Waals surface area contributed by atoms with E-state index in [1.54, 1.807) is 0 Å². The number of hydrogen-bond donors (Lipinski definition) is 2. The number of nitrogens with one attached hydrogen (secondary N) is 2. The number of carbonyl (C=O) groups excluding carboxylic acids is 1. The quantitative estimate of drug-likeness (QED) is 0.621. The predicted octanol–water partition coefficient (Wildman–Crippen LogP) is 4.95. The number of amides is 1. The number of hydrogen-bond acceptors (Lipinski definition) is 4. The van der Waals surface area contributed by atoms with E-state index >= 15 is 0 Å². The summed E-state index contributed by atoms with van der Waals surface area (Å²) in [6.07, 6.45) is 1.11. The topological polar surface area (TPSA) is 59.6 Å². The molecule has 0 saturated carbocycles. The Kier molecular flexibility index (Phi) is 7.99. The smallest absolute Gasteiger partial charge is 0.243 e. The molecule has 0 bridgehead atoms. The van der Waals surface area contributed by atoms with Crippen molar-refractivity contribution in [1.82, 2.24) is 0 Å². The molecule has 1 amide bonds. The Bertz CT molecular complexity index is 729. The first-order chi connectivity index (χ1) is 12.9. The number of carbonyl (C=O) groups is 1. The molecule has 2 N–H and O–H groups in total. The SMILES string of the molecule is CC(C)CCOc1cccc(NC(=O)CNc2cccc(OC(C)C)c2)c1. The van der Waals surface area contributed by atoms with Crippen LogP contribution in [0, 0.1) is 5.92 Å². The monoisotopic (exact) mass is 370 g/mol. The van der Waals surface area contributed by atoms with Crippen molar-refractivity contribution in [3.05, 3.63) is 48.5 Å². The van der Waals surface area contributed by atoms with Crippen LogP contribution in [0.3, 0.4) is 0 Å². The third-order valence-corrected chi connectivity index (χ3v) is 3.74. The number of rotatable bonds is 10. The van der Waals surface area contributed by atoms with Gasteiger partial charge in [-0.25, -0.2) is 0 Å². The van der Waals surface area contributed by atoms with Crippen LogP contribution >= 0.6 is 0 Å². The van der Waals surface area contributed by atoms with Crippen LogP contribution in [-0.4, -0.2) is 25.2 Å². The molecular weight excluding hydrogens is 340 g/mol. The maximum atomic E-state index is 12.2. The van der Waals surface area contributed by atoms with Crippen molar-refractivity contribution in [1.29, 1.82) is 0 Å². The molecule has 5 nitrogen and oxygen atoms in total. The molecule has 0 fully saturated rings. The van der Waals surface area contributed by atoms with E-state index in [0.717, 1.165) is 29.3 Å². The molecule has 0 radical (unpaired) electrons. The molecule has 5 heteroatoms. The van der Waals surface area contributed by atoms with Crippen molar-refractivity contribution in [2.45, 2.75) is 40.2 Å². The van der Waals surface area contributed by atoms with Gasteiger partial charge in [-0.15, -0.1) is 0 Å². The van der Waals surface area contributed by atoms with Gasteiger partial charge in [0.1, 0.15) is 11.5 Å². The minimum absolute atomic E-state index is 0.110. The van der Waals surface area contributed by atoms with Crippen LogP contribution < -0.4 is 20.1 Å². The average molecular weight is 370 g/mol. The molecule has 0 aromatic heterocycles. The second kappa shape index (κ2) is 10.5. The van der Waals surface area contributed by atoms with E-state index in [9.17, 15) is 4.79 Å². The molecule has 2 aromatic rings. The standard InChI is InChI=1S/C22H30N2O3/c1-16(2)11-12-26-20-9-6-8-19(14-20)24-22(25)15-23-18-7-5-10-21(13-18)27-17(3)4/h5-10,13-14,16-17,23H,11-12,15H2,1-4H3,(H,24,25). The highest BCUT2D eigenvalue weighted by atomic mass is 16.5. The van der Waals surface area contributed by atoms with Gasteiger partial charge in [-0.1, -0.05) is 26.0 Å². The van der Waals surface area contributed by atoms with Gasteiger partial charge in [0.05, 0.1) is 19.3 Å². The summed E-state index contributed by atoms with van der Waals surface area (Å²) in [5.74, 6) is 2.02. The van der Waals surface area contributed by atoms with Crippen LogP contribution in [0.2, 0.25) is 0 Å². The Morgan fingerprint density at radius 3 is 2.33 bits per heavy atom. The van der Waals surface area contributed by atoms with Crippen LogP contribution in [0.1, 0.15) is 34.1 Å². The minimum Gasteiger partial charge on any atom is -0.494 e. The lowest BCUT2D eigenvalue weighted by atomic mass is 10.1. The van der Waals surface area contributed by atoms with Gasteiger partial charge < -0.3 is 20.1 Å². The summed E-state index contributed by atoms with van der Waals surface area (Å²) >= 11 is 0. The number of benzene rings is 2. The highest BCUT2D eigenvalue weighted by molar-refractivity contribution is 5.93. The molecule has 0 spiro atoms. The lowest BCUT2D eigenvalue weighted by molar-refractivity contribution is -0.114. The Balaban J connectivity index is 1.83. The van der Waals surface area contributed by atoms with Crippen molar-refractivity contribution in [3.8, 4) is 11.5 Å². The van der Waals surface area contributed by atoms with E-state index in [0.29, 0.717) is 12.5 Å². The number of ether oxygens (including phenoxy) is 2. The Labute approximate surface area is 162 Å². The molecule has 2 rings (SSSR count). The van der Waals surface area contributed by atoms with Crippen molar-refractivity contribution in [2.75, 3.05) is 23.8 Å². The Morgan fingerprint density at radius 2 is 1.63 bits per heavy atom. The molecule has 0 unspecified atom stereocenters. The normalized spacial score (nSPS) is 10.7. The zero-order valence-electron chi connectivity index (χ0n) is 16.6. The van der Waals surface area contributed by atoms with Crippen LogP contribution in [-0.2, 0) is 4.79 Å². The van der Waals surface area contributed by atoms with E-state index in [1.807, 2.05) is 62.4 Å². The third-order valence-electron chi connectivity index (χ3n) is 3.74. The summed E-state index contributed by atoms with van der Waals surface area (Å²) in [5, 5.41) is 6.00. The van der Waals surface area contributed by atoms with E-state index < -0.39 is 0 Å². The summed E-state index contributed by atoms with van der Waals surface area (Å²) in [4.78, 5) is 12.2. The van der Waals surface area contributed by atoms with Crippen LogP contribution in [0.4, 0.5) is 11.4 Å². The highest BCUT2D eigenvalue weighted by Gasteiger charge is 2.05. The molecule has 0 atom stereocenters. The molecule has 0 heterocycles. The first-order valence-electron chi connectivity index (χ1n) is 9.45. The predicted molar refractivity (Wildman–Crippen MR) is 111 cm³/mol. The second-order valence-corrected chi connectivity index (χ2v) is 7.15. The molecule has 27 heavy (non-hydrogen) atoms. The molecule has 0 aliphatic heterocycles. The summed E-state index contributed by atoms with van der Waals surface area (Å²) in [6.45, 7) is 9.13. The van der Waals surface area contributed by atoms with Crippen LogP contribution in [0.5, 0.6) is 11.5 Å². The van der Waals surface area contributed by atoms with Crippen molar-refractivity contribution >= 4 is 17.3 Å². The van der Waals surface area contributed by atoms with Gasteiger partial charge in [0, 0.05) is 23.5 Å². The zero-order valence-corrected chi connectivity index (χ0v) is 16.6. The van der Waals surface area contributed by atoms with Gasteiger partial charge in [0.25, 0.3) is 0 Å². The van der Waals surface area contributed by atoms with Gasteiger partial charge in [0.2, 0.25) is 5.91 Å². The Morgan fingerprint density at radius 1 is 0.963 bits per heavy atom. The molecule has 0 aliphatic rings. The first-order valence-corrected chi connectivity index (χ1v) is 9.45. The van der Waals surface area contributed by atoms with Crippen molar-refractivity contribution in [2.24, 2.45) is 5.92 Å². The van der Waals surface area contributed by atoms with E-state index in [1.165, 1.54) is 0 Å². The third kappa shape index (κ3) is 8.03. The van der Waals surface area contributed by atoms with Gasteiger partial charge in [0.15, 0.2) is 0 Å². The number of anilines is 2. The minimum atomic E-state index is -0.121. The lowest BCUT2D eigenvalue weighted by Gasteiger charge is -2.13. The lowest BCUT2D eigenvalue weighted by Crippen LogP contribution is -2.21. The largest absolute Gasteiger partial charge is 0.494 e. The Hall–Kier alpha value is -2.69. The van der Waals surface area contributed by atoms with Crippen LogP contribution in [0.15, 0.2) is 48.5 Å². The summed E-state index contributed by atoms with van der Waals surface area (Å²) in [6, 6.07) is 15.1. The fraction of sp³-hybridized carbons (Fsp3) is 0.409. The van der Waals surface area contributed by atoms with Gasteiger partial charge in [-0.3, -0.25) is 4.79 Å². The molecule has 146 valence electrons. The van der Waals surface area contributed by atoms with Gasteiger partial charge in [-0.2, -0.15) is 0 Å². The summed E-state index contributed by atoms with van der Waals surface area (Å²) < 4.78 is 11.4. The van der Waals surface area contributed by atoms with E-state index in [-0.39, 0.29) is 18.6 Å². The fourth-order valence-electron chi connectivity index (χ4n) is 2.42. The zero-order chi connectivity index (χ0) is 19.6. The van der Waals surface area contributed by atoms with Crippen molar-refractivity contribution < 1.29 is 14.3 Å². The van der Waals surface area contributed by atoms with Gasteiger partial charge >= 0.3 is 0 Å². The van der Waals surface area contributed by atoms with Gasteiger partial charge in [-0.05, 0) is 50.5 Å². The van der Waals surface area contributed by atoms with E-state index in [2.05, 4.69) is 24.5 Å². The molecule has 0 aliphatic carbocycles. The van der Waals surface area contributed by atoms with Crippen molar-refractivity contribution in [3.63, 3.8) is 0 Å². The maximum Gasteiger partial charge on any atom is 0.243 e. The van der Waals surface area contributed by atoms with Crippen LogP contribution in [0.25, 0.3) is 0 Å². The molecular formula is C22H30N2O3. The fourth-order valence-corrected chi connectivity index (χ4v) is 2.42. The maximum absolute atomic E-state index is 12.2.